The van der Waals surface area contributed by atoms with Crippen LogP contribution >= 0.6 is 0 Å². The summed E-state index contributed by atoms with van der Waals surface area (Å²) in [7, 11) is 0. The van der Waals surface area contributed by atoms with Crippen LogP contribution in [-0.4, -0.2) is 29.0 Å². The maximum absolute atomic E-state index is 12.9. The van der Waals surface area contributed by atoms with Crippen LogP contribution in [0.1, 0.15) is 57.7 Å². The molecule has 0 saturated carbocycles. The van der Waals surface area contributed by atoms with Crippen molar-refractivity contribution in [1.29, 1.82) is 0 Å². The van der Waals surface area contributed by atoms with Gasteiger partial charge in [0.1, 0.15) is 5.82 Å². The lowest BCUT2D eigenvalue weighted by atomic mass is 9.93. The highest BCUT2D eigenvalue weighted by Crippen LogP contribution is 2.25. The van der Waals surface area contributed by atoms with Crippen LogP contribution in [0.3, 0.4) is 0 Å². The maximum atomic E-state index is 12.9. The highest BCUT2D eigenvalue weighted by Gasteiger charge is 2.25. The molecule has 3 unspecified atom stereocenters. The van der Waals surface area contributed by atoms with Gasteiger partial charge in [-0.05, 0) is 43.9 Å². The first-order chi connectivity index (χ1) is 10.1. The number of pyridine rings is 1. The summed E-state index contributed by atoms with van der Waals surface area (Å²) in [6, 6.07) is 3.72. The van der Waals surface area contributed by atoms with E-state index in [-0.39, 0.29) is 11.9 Å². The number of hydrogen-bond acceptors (Lipinski definition) is 3. The van der Waals surface area contributed by atoms with Gasteiger partial charge in [-0.15, -0.1) is 0 Å². The molecule has 118 valence electrons. The third kappa shape index (κ3) is 4.48. The second kappa shape index (κ2) is 7.85. The Bertz CT molecular complexity index is 419. The van der Waals surface area contributed by atoms with Crippen molar-refractivity contribution in [2.45, 2.75) is 58.0 Å². The average molecular weight is 293 g/mol. The van der Waals surface area contributed by atoms with Crippen molar-refractivity contribution in [1.82, 2.24) is 9.88 Å². The second-order valence-electron chi connectivity index (χ2n) is 6.34. The molecule has 1 aliphatic rings. The standard InChI is InChI=1S/C17H28FN3/c1-3-6-15-7-4-5-10-21(15)12-13(2)17(19)16-9-8-14(18)11-20-16/h8-9,11,13,15,17H,3-7,10,12,19H2,1-2H3. The largest absolute Gasteiger partial charge is 0.322 e. The van der Waals surface area contributed by atoms with Gasteiger partial charge in [-0.3, -0.25) is 4.98 Å². The van der Waals surface area contributed by atoms with Crippen molar-refractivity contribution in [3.05, 3.63) is 29.8 Å². The molecule has 0 aromatic carbocycles. The Kier molecular flexibility index (Phi) is 6.12. The minimum atomic E-state index is -0.308. The molecule has 4 heteroatoms. The molecule has 3 atom stereocenters. The molecule has 0 radical (unpaired) electrons. The van der Waals surface area contributed by atoms with E-state index < -0.39 is 0 Å². The summed E-state index contributed by atoms with van der Waals surface area (Å²) in [5, 5.41) is 0. The van der Waals surface area contributed by atoms with Gasteiger partial charge in [0.25, 0.3) is 0 Å². The van der Waals surface area contributed by atoms with E-state index in [1.807, 2.05) is 0 Å². The normalized spacial score (nSPS) is 23.0. The molecule has 1 aliphatic heterocycles. The topological polar surface area (TPSA) is 42.1 Å². The highest BCUT2D eigenvalue weighted by molar-refractivity contribution is 5.10. The SMILES string of the molecule is CCCC1CCCCN1CC(C)C(N)c1ccc(F)cn1. The summed E-state index contributed by atoms with van der Waals surface area (Å²) in [6.07, 6.45) is 7.71. The van der Waals surface area contributed by atoms with Gasteiger partial charge in [0.2, 0.25) is 0 Å². The Morgan fingerprint density at radius 1 is 1.43 bits per heavy atom. The molecule has 0 bridgehead atoms. The lowest BCUT2D eigenvalue weighted by Gasteiger charge is -2.38. The summed E-state index contributed by atoms with van der Waals surface area (Å²) in [4.78, 5) is 6.73. The molecule has 1 aromatic rings. The molecule has 1 fully saturated rings. The van der Waals surface area contributed by atoms with Crippen LogP contribution in [0.15, 0.2) is 18.3 Å². The van der Waals surface area contributed by atoms with Crippen molar-refractivity contribution in [2.24, 2.45) is 11.7 Å². The Morgan fingerprint density at radius 2 is 2.24 bits per heavy atom. The van der Waals surface area contributed by atoms with Gasteiger partial charge in [-0.25, -0.2) is 4.39 Å². The van der Waals surface area contributed by atoms with E-state index in [0.29, 0.717) is 12.0 Å². The zero-order valence-electron chi connectivity index (χ0n) is 13.3. The first-order valence-electron chi connectivity index (χ1n) is 8.23. The Hall–Kier alpha value is -1.00. The Balaban J connectivity index is 1.95. The van der Waals surface area contributed by atoms with E-state index in [1.54, 1.807) is 6.07 Å². The third-order valence-electron chi connectivity index (χ3n) is 4.60. The molecule has 21 heavy (non-hydrogen) atoms. The number of rotatable bonds is 6. The van der Waals surface area contributed by atoms with Crippen molar-refractivity contribution in [3.8, 4) is 0 Å². The van der Waals surface area contributed by atoms with Gasteiger partial charge in [-0.1, -0.05) is 26.7 Å². The van der Waals surface area contributed by atoms with E-state index in [2.05, 4.69) is 23.7 Å². The predicted octanol–water partition coefficient (Wildman–Crippen LogP) is 3.51. The van der Waals surface area contributed by atoms with E-state index in [9.17, 15) is 4.39 Å². The van der Waals surface area contributed by atoms with Gasteiger partial charge in [-0.2, -0.15) is 0 Å². The van der Waals surface area contributed by atoms with Gasteiger partial charge in [0, 0.05) is 12.6 Å². The number of halogens is 1. The van der Waals surface area contributed by atoms with Crippen LogP contribution in [0.2, 0.25) is 0 Å². The fraction of sp³-hybridized carbons (Fsp3) is 0.706. The monoisotopic (exact) mass is 293 g/mol. The minimum absolute atomic E-state index is 0.130. The molecule has 2 N–H and O–H groups in total. The van der Waals surface area contributed by atoms with Crippen molar-refractivity contribution in [3.63, 3.8) is 0 Å². The van der Waals surface area contributed by atoms with Gasteiger partial charge < -0.3 is 10.6 Å². The Labute approximate surface area is 127 Å². The molecule has 0 aliphatic carbocycles. The van der Waals surface area contributed by atoms with Gasteiger partial charge >= 0.3 is 0 Å². The van der Waals surface area contributed by atoms with Crippen LogP contribution in [0.4, 0.5) is 4.39 Å². The van der Waals surface area contributed by atoms with Crippen LogP contribution in [0.25, 0.3) is 0 Å². The zero-order chi connectivity index (χ0) is 15.2. The number of hydrogen-bond donors (Lipinski definition) is 1. The molecular formula is C17H28FN3. The molecule has 1 aromatic heterocycles. The maximum Gasteiger partial charge on any atom is 0.141 e. The zero-order valence-corrected chi connectivity index (χ0v) is 13.3. The first-order valence-corrected chi connectivity index (χ1v) is 8.23. The number of piperidine rings is 1. The number of aromatic nitrogens is 1. The second-order valence-corrected chi connectivity index (χ2v) is 6.34. The molecule has 1 saturated heterocycles. The predicted molar refractivity (Wildman–Crippen MR) is 84.4 cm³/mol. The summed E-state index contributed by atoms with van der Waals surface area (Å²) in [5.41, 5.74) is 7.10. The van der Waals surface area contributed by atoms with Crippen molar-refractivity contribution in [2.75, 3.05) is 13.1 Å². The van der Waals surface area contributed by atoms with E-state index >= 15 is 0 Å². The van der Waals surface area contributed by atoms with Gasteiger partial charge in [0.05, 0.1) is 17.9 Å². The average Bonchev–Trinajstić information content (AvgIpc) is 2.49. The summed E-state index contributed by atoms with van der Waals surface area (Å²) in [6.45, 7) is 6.61. The molecule has 2 rings (SSSR count). The summed E-state index contributed by atoms with van der Waals surface area (Å²) >= 11 is 0. The fourth-order valence-corrected chi connectivity index (χ4v) is 3.32. The highest BCUT2D eigenvalue weighted by atomic mass is 19.1. The smallest absolute Gasteiger partial charge is 0.141 e. The molecule has 0 spiro atoms. The van der Waals surface area contributed by atoms with Crippen LogP contribution in [0, 0.1) is 11.7 Å². The molecular weight excluding hydrogens is 265 g/mol. The quantitative estimate of drug-likeness (QED) is 0.872. The number of likely N-dealkylation sites (tertiary alicyclic amines) is 1. The van der Waals surface area contributed by atoms with E-state index in [0.717, 1.165) is 12.2 Å². The lowest BCUT2D eigenvalue weighted by Crippen LogP contribution is -2.43. The lowest BCUT2D eigenvalue weighted by molar-refractivity contribution is 0.114. The minimum Gasteiger partial charge on any atom is -0.322 e. The molecule has 2 heterocycles. The molecule has 0 amide bonds. The van der Waals surface area contributed by atoms with Crippen LogP contribution < -0.4 is 5.73 Å². The third-order valence-corrected chi connectivity index (χ3v) is 4.60. The van der Waals surface area contributed by atoms with Crippen molar-refractivity contribution < 1.29 is 4.39 Å². The molecule has 3 nitrogen and oxygen atoms in total. The fourth-order valence-electron chi connectivity index (χ4n) is 3.32. The van der Waals surface area contributed by atoms with E-state index in [4.69, 9.17) is 5.73 Å². The van der Waals surface area contributed by atoms with Crippen molar-refractivity contribution >= 4 is 0 Å². The number of nitrogens with two attached hydrogens (primary N) is 1. The van der Waals surface area contributed by atoms with E-state index in [1.165, 1.54) is 50.9 Å². The number of nitrogens with zero attached hydrogens (tertiary/aromatic N) is 2. The van der Waals surface area contributed by atoms with Crippen LogP contribution in [-0.2, 0) is 0 Å². The summed E-state index contributed by atoms with van der Waals surface area (Å²) < 4.78 is 12.9. The van der Waals surface area contributed by atoms with Gasteiger partial charge in [0.15, 0.2) is 0 Å². The van der Waals surface area contributed by atoms with Crippen LogP contribution in [0.5, 0.6) is 0 Å². The first kappa shape index (κ1) is 16.4. The Morgan fingerprint density at radius 3 is 2.90 bits per heavy atom. The summed E-state index contributed by atoms with van der Waals surface area (Å²) in [5.74, 6) is 0.0121.